The first-order chi connectivity index (χ1) is 9.13. The van der Waals surface area contributed by atoms with Crippen LogP contribution < -0.4 is 0 Å². The van der Waals surface area contributed by atoms with Crippen LogP contribution in [0.5, 0.6) is 0 Å². The summed E-state index contributed by atoms with van der Waals surface area (Å²) in [6.07, 6.45) is 4.00. The van der Waals surface area contributed by atoms with Gasteiger partial charge in [0.2, 0.25) is 0 Å². The molecule has 0 amide bonds. The van der Waals surface area contributed by atoms with Crippen LogP contribution in [0.4, 0.5) is 8.78 Å². The minimum absolute atomic E-state index is 0.0303. The van der Waals surface area contributed by atoms with E-state index in [2.05, 4.69) is 13.0 Å². The van der Waals surface area contributed by atoms with Gasteiger partial charge in [-0.2, -0.15) is 5.26 Å². The average Bonchev–Trinajstić information content (AvgIpc) is 2.41. The van der Waals surface area contributed by atoms with Gasteiger partial charge >= 0.3 is 0 Å². The van der Waals surface area contributed by atoms with Gasteiger partial charge in [0, 0.05) is 16.2 Å². The first-order valence-corrected chi connectivity index (χ1v) is 7.53. The summed E-state index contributed by atoms with van der Waals surface area (Å²) in [7, 11) is 0. The van der Waals surface area contributed by atoms with Gasteiger partial charge in [-0.3, -0.25) is 0 Å². The zero-order valence-electron chi connectivity index (χ0n) is 10.9. The predicted octanol–water partition coefficient (Wildman–Crippen LogP) is 4.78. The number of thioether (sulfide) groups is 1. The Morgan fingerprint density at radius 2 is 2.16 bits per heavy atom. The Hall–Kier alpha value is -1.08. The SMILES string of the molecule is CCC1CCC(C#N)C(Sc2ccc(F)cc2F)C1. The molecule has 3 unspecified atom stereocenters. The maximum Gasteiger partial charge on any atom is 0.139 e. The van der Waals surface area contributed by atoms with Crippen molar-refractivity contribution in [2.24, 2.45) is 11.8 Å². The molecule has 2 rings (SSSR count). The fourth-order valence-electron chi connectivity index (χ4n) is 2.59. The van der Waals surface area contributed by atoms with Crippen LogP contribution in [0.15, 0.2) is 23.1 Å². The van der Waals surface area contributed by atoms with Crippen molar-refractivity contribution in [3.63, 3.8) is 0 Å². The number of hydrogen-bond donors (Lipinski definition) is 0. The van der Waals surface area contributed by atoms with E-state index in [0.717, 1.165) is 31.7 Å². The Kier molecular flexibility index (Phi) is 4.81. The van der Waals surface area contributed by atoms with Crippen molar-refractivity contribution in [3.8, 4) is 6.07 Å². The third kappa shape index (κ3) is 3.48. The maximum atomic E-state index is 13.7. The summed E-state index contributed by atoms with van der Waals surface area (Å²) in [5, 5.41) is 9.31. The standard InChI is InChI=1S/C15H17F2NS/c1-2-10-3-4-11(9-18)15(7-10)19-14-6-5-12(16)8-13(14)17/h5-6,8,10-11,15H,2-4,7H2,1H3. The molecular weight excluding hydrogens is 264 g/mol. The van der Waals surface area contributed by atoms with Gasteiger partial charge < -0.3 is 0 Å². The van der Waals surface area contributed by atoms with Gasteiger partial charge in [0.05, 0.1) is 12.0 Å². The molecule has 4 heteroatoms. The van der Waals surface area contributed by atoms with Crippen molar-refractivity contribution in [1.82, 2.24) is 0 Å². The number of rotatable bonds is 3. The molecule has 0 saturated heterocycles. The first-order valence-electron chi connectivity index (χ1n) is 6.65. The highest BCUT2D eigenvalue weighted by molar-refractivity contribution is 8.00. The molecule has 0 radical (unpaired) electrons. The topological polar surface area (TPSA) is 23.8 Å². The van der Waals surface area contributed by atoms with Gasteiger partial charge in [0.25, 0.3) is 0 Å². The van der Waals surface area contributed by atoms with Crippen LogP contribution in [0.25, 0.3) is 0 Å². The third-order valence-corrected chi connectivity index (χ3v) is 5.22. The molecule has 0 N–H and O–H groups in total. The second kappa shape index (κ2) is 6.38. The van der Waals surface area contributed by atoms with Gasteiger partial charge in [-0.25, -0.2) is 8.78 Å². The fraction of sp³-hybridized carbons (Fsp3) is 0.533. The predicted molar refractivity (Wildman–Crippen MR) is 72.7 cm³/mol. The van der Waals surface area contributed by atoms with Crippen molar-refractivity contribution in [1.29, 1.82) is 5.26 Å². The lowest BCUT2D eigenvalue weighted by atomic mass is 9.81. The van der Waals surface area contributed by atoms with E-state index in [1.807, 2.05) is 0 Å². The van der Waals surface area contributed by atoms with Gasteiger partial charge in [0.15, 0.2) is 0 Å². The molecule has 0 aromatic heterocycles. The van der Waals surface area contributed by atoms with Gasteiger partial charge in [-0.1, -0.05) is 13.3 Å². The average molecular weight is 281 g/mol. The van der Waals surface area contributed by atoms with Crippen LogP contribution in [0.1, 0.15) is 32.6 Å². The third-order valence-electron chi connectivity index (χ3n) is 3.82. The molecule has 0 heterocycles. The summed E-state index contributed by atoms with van der Waals surface area (Å²) in [4.78, 5) is 0.448. The molecule has 0 spiro atoms. The first kappa shape index (κ1) is 14.3. The van der Waals surface area contributed by atoms with Crippen molar-refractivity contribution in [3.05, 3.63) is 29.8 Å². The van der Waals surface area contributed by atoms with Gasteiger partial charge in [-0.15, -0.1) is 11.8 Å². The van der Waals surface area contributed by atoms with Crippen LogP contribution in [0.2, 0.25) is 0 Å². The Balaban J connectivity index is 2.12. The van der Waals surface area contributed by atoms with E-state index in [0.29, 0.717) is 10.8 Å². The number of hydrogen-bond acceptors (Lipinski definition) is 2. The molecule has 102 valence electrons. The zero-order valence-corrected chi connectivity index (χ0v) is 11.7. The summed E-state index contributed by atoms with van der Waals surface area (Å²) >= 11 is 1.39. The van der Waals surface area contributed by atoms with E-state index in [9.17, 15) is 14.0 Å². The summed E-state index contributed by atoms with van der Waals surface area (Å²) in [5.41, 5.74) is 0. The largest absolute Gasteiger partial charge is 0.207 e. The van der Waals surface area contributed by atoms with Crippen molar-refractivity contribution in [2.75, 3.05) is 0 Å². The maximum absolute atomic E-state index is 13.7. The van der Waals surface area contributed by atoms with Gasteiger partial charge in [-0.05, 0) is 37.3 Å². The fourth-order valence-corrected chi connectivity index (χ4v) is 3.97. The van der Waals surface area contributed by atoms with Crippen LogP contribution in [0, 0.1) is 34.8 Å². The molecule has 1 nitrogen and oxygen atoms in total. The second-order valence-electron chi connectivity index (χ2n) is 5.05. The number of halogens is 2. The number of benzene rings is 1. The van der Waals surface area contributed by atoms with Crippen molar-refractivity contribution >= 4 is 11.8 Å². The summed E-state index contributed by atoms with van der Waals surface area (Å²) in [6, 6.07) is 5.98. The molecule has 19 heavy (non-hydrogen) atoms. The Morgan fingerprint density at radius 3 is 2.79 bits per heavy atom. The Bertz CT molecular complexity index is 484. The Morgan fingerprint density at radius 1 is 1.37 bits per heavy atom. The van der Waals surface area contributed by atoms with Crippen LogP contribution in [0.3, 0.4) is 0 Å². The van der Waals surface area contributed by atoms with Gasteiger partial charge in [0.1, 0.15) is 11.6 Å². The van der Waals surface area contributed by atoms with Crippen molar-refractivity contribution < 1.29 is 8.78 Å². The second-order valence-corrected chi connectivity index (χ2v) is 6.33. The van der Waals surface area contributed by atoms with E-state index in [-0.39, 0.29) is 11.2 Å². The lowest BCUT2D eigenvalue weighted by Gasteiger charge is -2.31. The molecule has 1 saturated carbocycles. The van der Waals surface area contributed by atoms with E-state index in [1.54, 1.807) is 0 Å². The molecule has 1 aliphatic rings. The highest BCUT2D eigenvalue weighted by Crippen LogP contribution is 2.41. The van der Waals surface area contributed by atoms with Crippen LogP contribution in [-0.4, -0.2) is 5.25 Å². The minimum atomic E-state index is -0.561. The van der Waals surface area contributed by atoms with E-state index >= 15 is 0 Å². The number of nitriles is 1. The monoisotopic (exact) mass is 281 g/mol. The summed E-state index contributed by atoms with van der Waals surface area (Å²) < 4.78 is 26.6. The normalized spacial score (nSPS) is 26.9. The Labute approximate surface area is 117 Å². The highest BCUT2D eigenvalue weighted by atomic mass is 32.2. The minimum Gasteiger partial charge on any atom is -0.207 e. The molecule has 1 fully saturated rings. The lowest BCUT2D eigenvalue weighted by molar-refractivity contribution is 0.317. The number of nitrogens with zero attached hydrogens (tertiary/aromatic N) is 1. The molecule has 1 aliphatic carbocycles. The smallest absolute Gasteiger partial charge is 0.139 e. The zero-order chi connectivity index (χ0) is 13.8. The molecule has 1 aromatic carbocycles. The van der Waals surface area contributed by atoms with E-state index in [4.69, 9.17) is 0 Å². The summed E-state index contributed by atoms with van der Waals surface area (Å²) in [5.74, 6) is -0.503. The van der Waals surface area contributed by atoms with Crippen LogP contribution in [-0.2, 0) is 0 Å². The van der Waals surface area contributed by atoms with E-state index in [1.165, 1.54) is 23.9 Å². The quantitative estimate of drug-likeness (QED) is 0.796. The molecular formula is C15H17F2NS. The van der Waals surface area contributed by atoms with E-state index < -0.39 is 11.6 Å². The molecule has 0 bridgehead atoms. The molecule has 3 atom stereocenters. The highest BCUT2D eigenvalue weighted by Gasteiger charge is 2.31. The van der Waals surface area contributed by atoms with Crippen LogP contribution >= 0.6 is 11.8 Å². The molecule has 0 aliphatic heterocycles. The molecule has 1 aromatic rings. The van der Waals surface area contributed by atoms with Crippen molar-refractivity contribution in [2.45, 2.75) is 42.8 Å². The lowest BCUT2D eigenvalue weighted by Crippen LogP contribution is -2.26. The summed E-state index contributed by atoms with van der Waals surface area (Å²) in [6.45, 7) is 2.15.